The highest BCUT2D eigenvalue weighted by Crippen LogP contribution is 2.65. The molecule has 6 unspecified atom stereocenters. The highest BCUT2D eigenvalue weighted by atomic mass is 35.5. The van der Waals surface area contributed by atoms with Crippen LogP contribution in [0.2, 0.25) is 10.0 Å². The monoisotopic (exact) mass is 689 g/mol. The third-order valence-corrected chi connectivity index (χ3v) is 11.1. The van der Waals surface area contributed by atoms with Crippen LogP contribution in [0.5, 0.6) is 17.2 Å². The van der Waals surface area contributed by atoms with Crippen LogP contribution in [0.3, 0.4) is 0 Å². The van der Waals surface area contributed by atoms with E-state index in [1.165, 1.54) is 30.2 Å². The Labute approximate surface area is 287 Å². The molecule has 2 saturated heterocycles. The number of nitrogens with zero attached hydrogens (tertiary/aromatic N) is 2. The maximum absolute atomic E-state index is 15.3. The molecule has 2 aliphatic heterocycles. The number of rotatable bonds is 7. The van der Waals surface area contributed by atoms with Crippen molar-refractivity contribution in [1.29, 1.82) is 0 Å². The van der Waals surface area contributed by atoms with E-state index >= 15 is 4.79 Å². The number of amides is 4. The molecule has 4 aliphatic rings. The van der Waals surface area contributed by atoms with Crippen LogP contribution in [-0.4, -0.2) is 59.4 Å². The van der Waals surface area contributed by atoms with Crippen LogP contribution in [0.25, 0.3) is 0 Å². The van der Waals surface area contributed by atoms with Gasteiger partial charge in [-0.15, -0.1) is 0 Å². The standard InChI is InChI=1S/C36H33Cl2N3O7/c1-4-40-32(43)24-13-12-22-25(30(24)34(40)45)17-26-33(44)41(39-28-14-7-19(37)15-27(28)38)35(46)36(26,18-5-9-21(47-2)10-6-18)31(22)23-11-8-20(42)16-29(23)48-3/h5-12,14-16,24-26,30-31,39,42H,4,13,17H2,1-3H3. The van der Waals surface area contributed by atoms with Gasteiger partial charge in [-0.05, 0) is 67.6 Å². The Balaban J connectivity index is 1.49. The Morgan fingerprint density at radius 2 is 1.67 bits per heavy atom. The van der Waals surface area contributed by atoms with E-state index in [1.54, 1.807) is 56.5 Å². The maximum Gasteiger partial charge on any atom is 0.260 e. The summed E-state index contributed by atoms with van der Waals surface area (Å²) in [4.78, 5) is 58.6. The fourth-order valence-corrected chi connectivity index (χ4v) is 8.95. The van der Waals surface area contributed by atoms with Gasteiger partial charge in [0.1, 0.15) is 17.2 Å². The number of nitrogens with one attached hydrogen (secondary N) is 1. The minimum absolute atomic E-state index is 0.0413. The van der Waals surface area contributed by atoms with Crippen LogP contribution >= 0.6 is 23.2 Å². The molecule has 3 fully saturated rings. The molecule has 3 aromatic carbocycles. The zero-order valence-corrected chi connectivity index (χ0v) is 27.9. The molecule has 4 amide bonds. The molecule has 248 valence electrons. The zero-order valence-electron chi connectivity index (χ0n) is 26.4. The first-order valence-electron chi connectivity index (χ1n) is 15.7. The van der Waals surface area contributed by atoms with Crippen molar-refractivity contribution in [2.45, 2.75) is 31.1 Å². The van der Waals surface area contributed by atoms with Gasteiger partial charge < -0.3 is 14.6 Å². The predicted octanol–water partition coefficient (Wildman–Crippen LogP) is 5.72. The molecule has 7 rings (SSSR count). The Morgan fingerprint density at radius 3 is 2.33 bits per heavy atom. The topological polar surface area (TPSA) is 125 Å². The molecule has 0 bridgehead atoms. The second kappa shape index (κ2) is 11.9. The maximum atomic E-state index is 15.3. The minimum Gasteiger partial charge on any atom is -0.508 e. The molecule has 3 aromatic rings. The van der Waals surface area contributed by atoms with Crippen LogP contribution in [0.4, 0.5) is 5.69 Å². The first-order valence-corrected chi connectivity index (χ1v) is 16.5. The molecule has 2 aliphatic carbocycles. The van der Waals surface area contributed by atoms with Crippen LogP contribution in [0.15, 0.2) is 72.3 Å². The van der Waals surface area contributed by atoms with E-state index in [2.05, 4.69) is 5.43 Å². The Hall–Kier alpha value is -4.54. The van der Waals surface area contributed by atoms with Gasteiger partial charge in [-0.2, -0.15) is 5.01 Å². The largest absolute Gasteiger partial charge is 0.508 e. The normalized spacial score (nSPS) is 27.8. The lowest BCUT2D eigenvalue weighted by molar-refractivity contribution is -0.141. The molecule has 0 aromatic heterocycles. The number of hydrogen-bond donors (Lipinski definition) is 2. The van der Waals surface area contributed by atoms with Gasteiger partial charge in [0.05, 0.1) is 48.1 Å². The number of hydrogen-bond acceptors (Lipinski definition) is 8. The summed E-state index contributed by atoms with van der Waals surface area (Å²) in [6, 6.07) is 16.4. The summed E-state index contributed by atoms with van der Waals surface area (Å²) in [6.07, 6.45) is 2.42. The number of fused-ring (bicyclic) bond motifs is 4. The van der Waals surface area contributed by atoms with Crippen molar-refractivity contribution in [3.8, 4) is 17.2 Å². The number of allylic oxidation sites excluding steroid dienone is 2. The van der Waals surface area contributed by atoms with E-state index < -0.39 is 46.8 Å². The second-order valence-electron chi connectivity index (χ2n) is 12.6. The highest BCUT2D eigenvalue weighted by Gasteiger charge is 2.70. The Kier molecular flexibility index (Phi) is 7.91. The summed E-state index contributed by atoms with van der Waals surface area (Å²) in [5, 5.41) is 12.1. The molecular weight excluding hydrogens is 657 g/mol. The number of carbonyl (C=O) groups excluding carboxylic acids is 4. The van der Waals surface area contributed by atoms with Crippen LogP contribution in [0, 0.1) is 23.7 Å². The number of benzene rings is 3. The quantitative estimate of drug-likeness (QED) is 0.238. The van der Waals surface area contributed by atoms with E-state index in [0.717, 1.165) is 10.6 Å². The number of halogens is 2. The van der Waals surface area contributed by atoms with Crippen molar-refractivity contribution in [1.82, 2.24) is 9.91 Å². The number of hydrazine groups is 1. The Morgan fingerprint density at radius 1 is 0.917 bits per heavy atom. The predicted molar refractivity (Wildman–Crippen MR) is 178 cm³/mol. The number of imide groups is 2. The molecule has 48 heavy (non-hydrogen) atoms. The average molecular weight is 691 g/mol. The molecular formula is C36H33Cl2N3O7. The van der Waals surface area contributed by atoms with Crippen molar-refractivity contribution in [3.63, 3.8) is 0 Å². The van der Waals surface area contributed by atoms with E-state index in [4.69, 9.17) is 32.7 Å². The van der Waals surface area contributed by atoms with E-state index in [9.17, 15) is 19.5 Å². The van der Waals surface area contributed by atoms with Gasteiger partial charge in [-0.1, -0.05) is 53.1 Å². The van der Waals surface area contributed by atoms with Crippen LogP contribution in [0.1, 0.15) is 36.8 Å². The van der Waals surface area contributed by atoms with Crippen molar-refractivity contribution in [2.75, 3.05) is 26.2 Å². The van der Waals surface area contributed by atoms with E-state index in [-0.39, 0.29) is 35.6 Å². The molecule has 0 radical (unpaired) electrons. The van der Waals surface area contributed by atoms with Crippen molar-refractivity contribution in [3.05, 3.63) is 93.5 Å². The third-order valence-electron chi connectivity index (χ3n) is 10.5. The van der Waals surface area contributed by atoms with Crippen molar-refractivity contribution < 1.29 is 33.8 Å². The van der Waals surface area contributed by atoms with Gasteiger partial charge >= 0.3 is 0 Å². The number of carbonyl (C=O) groups is 4. The molecule has 1 saturated carbocycles. The molecule has 0 spiro atoms. The first-order chi connectivity index (χ1) is 23.1. The second-order valence-corrected chi connectivity index (χ2v) is 13.4. The van der Waals surface area contributed by atoms with Gasteiger partial charge in [-0.3, -0.25) is 29.5 Å². The van der Waals surface area contributed by atoms with Gasteiger partial charge in [0.2, 0.25) is 11.8 Å². The van der Waals surface area contributed by atoms with Crippen LogP contribution in [-0.2, 0) is 24.6 Å². The van der Waals surface area contributed by atoms with Gasteiger partial charge in [0.25, 0.3) is 11.8 Å². The fraction of sp³-hybridized carbons (Fsp3) is 0.333. The van der Waals surface area contributed by atoms with Crippen LogP contribution < -0.4 is 14.9 Å². The van der Waals surface area contributed by atoms with Crippen molar-refractivity contribution in [2.24, 2.45) is 23.7 Å². The minimum atomic E-state index is -1.54. The number of aromatic hydroxyl groups is 1. The van der Waals surface area contributed by atoms with Gasteiger partial charge in [0, 0.05) is 29.1 Å². The molecule has 12 heteroatoms. The molecule has 2 heterocycles. The SMILES string of the molecule is CCN1C(=O)C2CC=C3C(CC4C(=O)N(Nc5ccc(Cl)cc5Cl)C(=O)C4(c4ccc(OC)cc4)C3c3ccc(O)cc3OC)C2C1=O. The summed E-state index contributed by atoms with van der Waals surface area (Å²) in [5.74, 6) is -4.25. The first kappa shape index (κ1) is 32.0. The molecule has 10 nitrogen and oxygen atoms in total. The zero-order chi connectivity index (χ0) is 34.1. The number of phenols is 1. The van der Waals surface area contributed by atoms with E-state index in [0.29, 0.717) is 39.8 Å². The van der Waals surface area contributed by atoms with Crippen molar-refractivity contribution >= 4 is 52.5 Å². The lowest BCUT2D eigenvalue weighted by Crippen LogP contribution is -2.53. The Bertz CT molecular complexity index is 1900. The molecule has 2 N–H and O–H groups in total. The van der Waals surface area contributed by atoms with Gasteiger partial charge in [-0.25, -0.2) is 0 Å². The summed E-state index contributed by atoms with van der Waals surface area (Å²) >= 11 is 12.6. The summed E-state index contributed by atoms with van der Waals surface area (Å²) < 4.78 is 11.2. The number of anilines is 1. The average Bonchev–Trinajstić information content (AvgIpc) is 3.46. The van der Waals surface area contributed by atoms with E-state index in [1.807, 2.05) is 6.08 Å². The smallest absolute Gasteiger partial charge is 0.260 e. The fourth-order valence-electron chi connectivity index (χ4n) is 8.50. The number of ether oxygens (including phenoxy) is 2. The molecule has 6 atom stereocenters. The lowest BCUT2D eigenvalue weighted by atomic mass is 9.49. The third kappa shape index (κ3) is 4.53. The summed E-state index contributed by atoms with van der Waals surface area (Å²) in [6.45, 7) is 2.02. The summed E-state index contributed by atoms with van der Waals surface area (Å²) in [5.41, 5.74) is 3.64. The number of likely N-dealkylation sites (tertiary alicyclic amines) is 1. The summed E-state index contributed by atoms with van der Waals surface area (Å²) in [7, 11) is 3.01. The number of methoxy groups -OCH3 is 2. The number of phenolic OH excluding ortho intramolecular Hbond substituents is 1. The highest BCUT2D eigenvalue weighted by molar-refractivity contribution is 6.36. The van der Waals surface area contributed by atoms with Gasteiger partial charge in [0.15, 0.2) is 0 Å². The lowest BCUT2D eigenvalue weighted by Gasteiger charge is -2.50.